The van der Waals surface area contributed by atoms with Crippen LogP contribution >= 0.6 is 12.4 Å². The zero-order valence-electron chi connectivity index (χ0n) is 12.2. The minimum Gasteiger partial charge on any atom is -0.352 e. The van der Waals surface area contributed by atoms with Crippen molar-refractivity contribution in [1.29, 1.82) is 0 Å². The van der Waals surface area contributed by atoms with Gasteiger partial charge in [-0.25, -0.2) is 4.39 Å². The Balaban J connectivity index is 0.00000161. The quantitative estimate of drug-likeness (QED) is 0.900. The fourth-order valence-electron chi connectivity index (χ4n) is 3.32. The van der Waals surface area contributed by atoms with E-state index in [0.717, 1.165) is 37.9 Å². The lowest BCUT2D eigenvalue weighted by Crippen LogP contribution is -2.33. The molecule has 2 aliphatic rings. The molecule has 0 aromatic heterocycles. The summed E-state index contributed by atoms with van der Waals surface area (Å²) in [5.74, 6) is 0.149. The lowest BCUT2D eigenvalue weighted by Gasteiger charge is -2.23. The number of piperidine rings is 1. The van der Waals surface area contributed by atoms with Crippen LogP contribution in [-0.4, -0.2) is 19.0 Å². The van der Waals surface area contributed by atoms with Crippen LogP contribution in [0.15, 0.2) is 18.2 Å². The van der Waals surface area contributed by atoms with Gasteiger partial charge in [0.05, 0.1) is 0 Å². The number of hydrogen-bond donors (Lipinski definition) is 2. The molecule has 21 heavy (non-hydrogen) atoms. The third-order valence-corrected chi connectivity index (χ3v) is 4.79. The van der Waals surface area contributed by atoms with Crippen molar-refractivity contribution in [2.24, 2.45) is 11.3 Å². The van der Waals surface area contributed by atoms with Crippen LogP contribution in [0.3, 0.4) is 0 Å². The van der Waals surface area contributed by atoms with Crippen molar-refractivity contribution in [3.05, 3.63) is 35.1 Å². The number of benzene rings is 1. The van der Waals surface area contributed by atoms with Crippen molar-refractivity contribution in [2.75, 3.05) is 13.1 Å². The monoisotopic (exact) mass is 312 g/mol. The van der Waals surface area contributed by atoms with Gasteiger partial charge in [-0.15, -0.1) is 12.4 Å². The van der Waals surface area contributed by atoms with Crippen LogP contribution in [0, 0.1) is 24.1 Å². The number of amides is 1. The average Bonchev–Trinajstić information content (AvgIpc) is 3.14. The first-order valence-electron chi connectivity index (χ1n) is 7.34. The van der Waals surface area contributed by atoms with E-state index in [1.807, 2.05) is 0 Å². The molecule has 1 aromatic rings. The first-order valence-corrected chi connectivity index (χ1v) is 7.34. The van der Waals surface area contributed by atoms with Crippen LogP contribution in [0.25, 0.3) is 0 Å². The van der Waals surface area contributed by atoms with Gasteiger partial charge in [0.25, 0.3) is 0 Å². The number of halogens is 2. The van der Waals surface area contributed by atoms with Crippen LogP contribution < -0.4 is 10.6 Å². The Bertz CT molecular complexity index is 529. The molecule has 2 fully saturated rings. The molecule has 2 N–H and O–H groups in total. The summed E-state index contributed by atoms with van der Waals surface area (Å²) in [4.78, 5) is 12.2. The van der Waals surface area contributed by atoms with Gasteiger partial charge in [-0.2, -0.15) is 0 Å². The fourth-order valence-corrected chi connectivity index (χ4v) is 3.32. The van der Waals surface area contributed by atoms with E-state index in [4.69, 9.17) is 0 Å². The summed E-state index contributed by atoms with van der Waals surface area (Å²) in [6.07, 6.45) is 3.25. The molecule has 5 heteroatoms. The van der Waals surface area contributed by atoms with Gasteiger partial charge < -0.3 is 10.6 Å². The molecule has 1 saturated heterocycles. The molecule has 1 atom stereocenters. The maximum atomic E-state index is 13.2. The molecule has 1 aliphatic carbocycles. The Morgan fingerprint density at radius 2 is 2.14 bits per heavy atom. The standard InChI is InChI=1S/C16H21FN2O.ClH/c1-11-8-12(2-3-14(11)17)10-19-15(20)13-9-16(13)4-6-18-7-5-16;/h2-3,8,13,18H,4-7,9-10H2,1H3,(H,19,20);1H. The van der Waals surface area contributed by atoms with E-state index in [0.29, 0.717) is 12.1 Å². The molecule has 1 aromatic carbocycles. The summed E-state index contributed by atoms with van der Waals surface area (Å²) in [5, 5.41) is 6.34. The first-order chi connectivity index (χ1) is 9.61. The second-order valence-electron chi connectivity index (χ2n) is 6.17. The Morgan fingerprint density at radius 3 is 2.81 bits per heavy atom. The van der Waals surface area contributed by atoms with E-state index in [1.165, 1.54) is 6.07 Å². The smallest absolute Gasteiger partial charge is 0.223 e. The topological polar surface area (TPSA) is 41.1 Å². The number of hydrogen-bond acceptors (Lipinski definition) is 2. The van der Waals surface area contributed by atoms with E-state index in [1.54, 1.807) is 19.1 Å². The van der Waals surface area contributed by atoms with Crippen molar-refractivity contribution in [1.82, 2.24) is 10.6 Å². The zero-order chi connectivity index (χ0) is 14.2. The van der Waals surface area contributed by atoms with E-state index < -0.39 is 0 Å². The molecule has 1 amide bonds. The molecule has 1 spiro atoms. The van der Waals surface area contributed by atoms with Crippen LogP contribution in [0.1, 0.15) is 30.4 Å². The van der Waals surface area contributed by atoms with Gasteiger partial charge >= 0.3 is 0 Å². The molecule has 3 rings (SSSR count). The highest BCUT2D eigenvalue weighted by molar-refractivity contribution is 5.85. The summed E-state index contributed by atoms with van der Waals surface area (Å²) in [5.41, 5.74) is 1.85. The Hall–Kier alpha value is -1.13. The summed E-state index contributed by atoms with van der Waals surface area (Å²) in [6.45, 7) is 4.29. The molecular weight excluding hydrogens is 291 g/mol. The van der Waals surface area contributed by atoms with Gasteiger partial charge in [0, 0.05) is 12.5 Å². The van der Waals surface area contributed by atoms with Crippen molar-refractivity contribution in [3.8, 4) is 0 Å². The maximum Gasteiger partial charge on any atom is 0.223 e. The van der Waals surface area contributed by atoms with Crippen molar-refractivity contribution >= 4 is 18.3 Å². The first kappa shape index (κ1) is 16.2. The van der Waals surface area contributed by atoms with Crippen LogP contribution in [0.5, 0.6) is 0 Å². The predicted molar refractivity (Wildman–Crippen MR) is 82.9 cm³/mol. The van der Waals surface area contributed by atoms with Crippen LogP contribution in [-0.2, 0) is 11.3 Å². The van der Waals surface area contributed by atoms with Crippen molar-refractivity contribution in [3.63, 3.8) is 0 Å². The highest BCUT2D eigenvalue weighted by Gasteiger charge is 2.57. The Kier molecular flexibility index (Phi) is 4.89. The van der Waals surface area contributed by atoms with E-state index in [2.05, 4.69) is 10.6 Å². The number of rotatable bonds is 3. The average molecular weight is 313 g/mol. The molecular formula is C16H22ClFN2O. The van der Waals surface area contributed by atoms with Gasteiger partial charge in [0.15, 0.2) is 0 Å². The molecule has 1 saturated carbocycles. The van der Waals surface area contributed by atoms with Crippen molar-refractivity contribution < 1.29 is 9.18 Å². The van der Waals surface area contributed by atoms with Gasteiger partial charge in [-0.1, -0.05) is 12.1 Å². The molecule has 1 heterocycles. The van der Waals surface area contributed by atoms with Crippen LogP contribution in [0.4, 0.5) is 4.39 Å². The second-order valence-corrected chi connectivity index (χ2v) is 6.17. The maximum absolute atomic E-state index is 13.2. The number of aryl methyl sites for hydroxylation is 1. The Morgan fingerprint density at radius 1 is 1.43 bits per heavy atom. The minimum absolute atomic E-state index is 0. The summed E-state index contributed by atoms with van der Waals surface area (Å²) < 4.78 is 13.2. The third kappa shape index (κ3) is 3.38. The molecule has 0 radical (unpaired) electrons. The van der Waals surface area contributed by atoms with E-state index in [-0.39, 0.29) is 35.5 Å². The highest BCUT2D eigenvalue weighted by Crippen LogP contribution is 2.58. The molecule has 3 nitrogen and oxygen atoms in total. The van der Waals surface area contributed by atoms with Crippen LogP contribution in [0.2, 0.25) is 0 Å². The van der Waals surface area contributed by atoms with Crippen molar-refractivity contribution in [2.45, 2.75) is 32.7 Å². The van der Waals surface area contributed by atoms with E-state index in [9.17, 15) is 9.18 Å². The lowest BCUT2D eigenvalue weighted by molar-refractivity contribution is -0.123. The lowest BCUT2D eigenvalue weighted by atomic mass is 9.92. The predicted octanol–water partition coefficient (Wildman–Crippen LogP) is 2.56. The van der Waals surface area contributed by atoms with Gasteiger partial charge in [0.2, 0.25) is 5.91 Å². The molecule has 1 aliphatic heterocycles. The third-order valence-electron chi connectivity index (χ3n) is 4.79. The number of nitrogens with one attached hydrogen (secondary N) is 2. The molecule has 0 bridgehead atoms. The van der Waals surface area contributed by atoms with Gasteiger partial charge in [-0.05, 0) is 61.9 Å². The summed E-state index contributed by atoms with van der Waals surface area (Å²) in [7, 11) is 0. The molecule has 1 unspecified atom stereocenters. The summed E-state index contributed by atoms with van der Waals surface area (Å²) >= 11 is 0. The number of carbonyl (C=O) groups is 1. The van der Waals surface area contributed by atoms with E-state index >= 15 is 0 Å². The Labute approximate surface area is 131 Å². The summed E-state index contributed by atoms with van der Waals surface area (Å²) in [6, 6.07) is 4.99. The van der Waals surface area contributed by atoms with Gasteiger partial charge in [-0.3, -0.25) is 4.79 Å². The normalized spacial score (nSPS) is 22.5. The largest absolute Gasteiger partial charge is 0.352 e. The fraction of sp³-hybridized carbons (Fsp3) is 0.562. The zero-order valence-corrected chi connectivity index (χ0v) is 13.1. The second kappa shape index (κ2) is 6.32. The molecule has 116 valence electrons. The number of carbonyl (C=O) groups excluding carboxylic acids is 1. The highest BCUT2D eigenvalue weighted by atomic mass is 35.5. The van der Waals surface area contributed by atoms with Gasteiger partial charge in [0.1, 0.15) is 5.82 Å². The minimum atomic E-state index is -0.198. The SMILES string of the molecule is Cc1cc(CNC(=O)C2CC23CCNCC3)ccc1F.Cl.